The van der Waals surface area contributed by atoms with Gasteiger partial charge < -0.3 is 33.2 Å². The Balaban J connectivity index is 0.000000817. The molecule has 0 aromatic carbocycles. The Bertz CT molecular complexity index is 4810. The summed E-state index contributed by atoms with van der Waals surface area (Å²) in [5.74, 6) is 1.23. The Morgan fingerprint density at radius 2 is 0.621 bits per heavy atom. The predicted molar refractivity (Wildman–Crippen MR) is 567 cm³/mol. The number of Topliss-reactive ketones (excluding diaryl/α,β-unsaturated/α-hetero) is 7. The minimum atomic E-state index is -0.575. The fraction of sp³-hybridized carbons (Fsp3) is 0.632. The van der Waals surface area contributed by atoms with Gasteiger partial charge in [0.05, 0.1) is 86.6 Å². The number of rotatable bonds is 30. The van der Waals surface area contributed by atoms with Gasteiger partial charge in [0.25, 0.3) is 5.88 Å². The summed E-state index contributed by atoms with van der Waals surface area (Å²) in [7, 11) is 0. The summed E-state index contributed by atoms with van der Waals surface area (Å²) in [5, 5.41) is 1.23. The van der Waals surface area contributed by atoms with Gasteiger partial charge >= 0.3 is 0 Å². The van der Waals surface area contributed by atoms with E-state index in [9.17, 15) is 42.3 Å². The molecule has 21 nitrogen and oxygen atoms in total. The average molecular weight is 2010 g/mol. The second-order valence-electron chi connectivity index (χ2n) is 51.1. The summed E-state index contributed by atoms with van der Waals surface area (Å²) in [6, 6.07) is 15.8. The van der Waals surface area contributed by atoms with Crippen molar-refractivity contribution in [3.05, 3.63) is 164 Å². The number of halogens is 5. The van der Waals surface area contributed by atoms with Crippen LogP contribution < -0.4 is 33.2 Å². The van der Waals surface area contributed by atoms with Gasteiger partial charge in [-0.05, 0) is 138 Å². The molecule has 0 bridgehead atoms. The second-order valence-corrected chi connectivity index (χ2v) is 52.3. The smallest absolute Gasteiger partial charge is 0.251 e. The zero-order valence-electron chi connectivity index (χ0n) is 93.3. The standard InChI is InChI=1S/C17H26ClNO2.C17H26FNO2.2C16H24ClNO2.C16H24FNO2.2C16H25NO2/c2*1-16(2,3)8-7-9-21-14-11-19-13(10-12(14)18)15(20)17(4,5)6;1-15(2,3)7-8-20-12-10-18-9-11(13(12)17)14(19)16(4,5)6;2*1-15(2,3)9-10-20-14-11(17)7-8-12(18-14)13(19)16(4,5)6;1-15(2,3)7-8-19-13-9-12(10-17-11-13)14(18)16(4,5)6;1-15(2,3)10-11-19-13-9-7-8-12(17-13)14(18)16(4,5)6/h2*10-11H,7-9H2,1-6H3;9-10H,7-8H2,1-6H3;2*7-8H,9-10H2,1-6H3;9-11H,7-8H2,1-6H3;7-9H,10-11H2,1-6H3. The Hall–Kier alpha value is -8.93. The van der Waals surface area contributed by atoms with Gasteiger partial charge in [0.15, 0.2) is 69.4 Å². The molecule has 784 valence electrons. The van der Waals surface area contributed by atoms with E-state index in [4.69, 9.17) is 68.0 Å². The van der Waals surface area contributed by atoms with Crippen LogP contribution in [-0.4, -0.2) is 122 Å². The molecule has 0 unspecified atom stereocenters. The number of nitrogens with zero attached hydrogens (tertiary/aromatic N) is 7. The van der Waals surface area contributed by atoms with Crippen molar-refractivity contribution in [3.8, 4) is 40.6 Å². The van der Waals surface area contributed by atoms with Crippen molar-refractivity contribution in [2.24, 2.45) is 75.8 Å². The minimum absolute atomic E-state index is 0.0187. The van der Waals surface area contributed by atoms with Crippen LogP contribution in [0.25, 0.3) is 0 Å². The number of aromatic nitrogens is 7. The number of ether oxygens (including phenoxy) is 7. The number of carbonyl (C=O) groups is 7. The number of ketones is 7. The fourth-order valence-corrected chi connectivity index (χ4v) is 11.8. The van der Waals surface area contributed by atoms with Crippen molar-refractivity contribution < 1.29 is 75.5 Å². The van der Waals surface area contributed by atoms with E-state index in [1.165, 1.54) is 24.5 Å². The van der Waals surface area contributed by atoms with E-state index in [0.717, 1.165) is 63.9 Å². The van der Waals surface area contributed by atoms with Gasteiger partial charge in [-0.1, -0.05) is 332 Å². The van der Waals surface area contributed by atoms with Gasteiger partial charge in [-0.15, -0.1) is 0 Å². The molecule has 0 N–H and O–H groups in total. The van der Waals surface area contributed by atoms with Gasteiger partial charge in [0, 0.05) is 68.0 Å². The number of hydrogen-bond acceptors (Lipinski definition) is 21. The number of hydrogen-bond donors (Lipinski definition) is 0. The minimum Gasteiger partial charge on any atom is -0.492 e. The van der Waals surface area contributed by atoms with E-state index in [1.807, 2.05) is 110 Å². The van der Waals surface area contributed by atoms with E-state index in [0.29, 0.717) is 124 Å². The molecule has 0 amide bonds. The van der Waals surface area contributed by atoms with Crippen LogP contribution in [0.4, 0.5) is 8.78 Å². The van der Waals surface area contributed by atoms with Gasteiger partial charge in [-0.2, -0.15) is 0 Å². The van der Waals surface area contributed by atoms with Gasteiger partial charge in [0.2, 0.25) is 11.8 Å². The Morgan fingerprint density at radius 1 is 0.279 bits per heavy atom. The maximum absolute atomic E-state index is 13.9. The van der Waals surface area contributed by atoms with Crippen molar-refractivity contribution in [3.63, 3.8) is 0 Å². The molecule has 0 aliphatic carbocycles. The lowest BCUT2D eigenvalue weighted by Crippen LogP contribution is -2.22. The average Bonchev–Trinajstić information content (AvgIpc) is 0.826. The van der Waals surface area contributed by atoms with Crippen LogP contribution in [0.5, 0.6) is 40.6 Å². The van der Waals surface area contributed by atoms with E-state index < -0.39 is 49.5 Å². The summed E-state index contributed by atoms with van der Waals surface area (Å²) >= 11 is 18.5. The Kier molecular flexibility index (Phi) is 50.4. The highest BCUT2D eigenvalue weighted by Gasteiger charge is 2.33. The van der Waals surface area contributed by atoms with E-state index in [-0.39, 0.29) is 96.0 Å². The van der Waals surface area contributed by atoms with Crippen molar-refractivity contribution in [2.45, 2.75) is 349 Å². The van der Waals surface area contributed by atoms with E-state index in [2.05, 4.69) is 180 Å². The molecule has 7 heterocycles. The molecule has 140 heavy (non-hydrogen) atoms. The van der Waals surface area contributed by atoms with E-state index in [1.54, 1.807) is 103 Å². The van der Waals surface area contributed by atoms with Gasteiger partial charge in [-0.3, -0.25) is 43.5 Å². The lowest BCUT2D eigenvalue weighted by atomic mass is 9.87. The van der Waals surface area contributed by atoms with Crippen LogP contribution in [0.3, 0.4) is 0 Å². The first kappa shape index (κ1) is 129. The largest absolute Gasteiger partial charge is 0.492 e. The number of pyridine rings is 7. The van der Waals surface area contributed by atoms with Crippen LogP contribution in [0.2, 0.25) is 15.1 Å². The Labute approximate surface area is 855 Å². The predicted octanol–water partition coefficient (Wildman–Crippen LogP) is 31.9. The lowest BCUT2D eigenvalue weighted by Gasteiger charge is -2.20. The van der Waals surface area contributed by atoms with Gasteiger partial charge in [0.1, 0.15) is 39.2 Å². The highest BCUT2D eigenvalue weighted by Crippen LogP contribution is 2.37. The molecular formula is C114H174Cl3F2N7O14. The van der Waals surface area contributed by atoms with Crippen LogP contribution in [0.1, 0.15) is 422 Å². The van der Waals surface area contributed by atoms with Crippen molar-refractivity contribution >= 4 is 75.3 Å². The molecule has 0 saturated carbocycles. The first-order valence-electron chi connectivity index (χ1n) is 48.7. The summed E-state index contributed by atoms with van der Waals surface area (Å²) < 4.78 is 66.6. The monoisotopic (exact) mass is 2010 g/mol. The topological polar surface area (TPSA) is 274 Å². The lowest BCUT2D eigenvalue weighted by molar-refractivity contribution is 0.0845. The summed E-state index contributed by atoms with van der Waals surface area (Å²) in [6.45, 7) is 87.9. The van der Waals surface area contributed by atoms with E-state index >= 15 is 0 Å². The van der Waals surface area contributed by atoms with Crippen LogP contribution >= 0.6 is 34.8 Å². The van der Waals surface area contributed by atoms with Crippen LogP contribution in [-0.2, 0) is 0 Å². The van der Waals surface area contributed by atoms with Crippen LogP contribution in [0, 0.1) is 87.4 Å². The Morgan fingerprint density at radius 3 is 1.03 bits per heavy atom. The fourth-order valence-electron chi connectivity index (χ4n) is 11.2. The molecule has 7 aromatic heterocycles. The highest BCUT2D eigenvalue weighted by molar-refractivity contribution is 6.35. The molecule has 26 heteroatoms. The summed E-state index contributed by atoms with van der Waals surface area (Å²) in [5.41, 5.74) is 0.805. The third-order valence-electron chi connectivity index (χ3n) is 20.2. The molecule has 7 rings (SSSR count). The maximum Gasteiger partial charge on any atom is 0.251 e. The molecule has 0 atom stereocenters. The SMILES string of the molecule is CC(C)(C)CCCOc1cnc(C(=O)C(C)(C)C)cc1Cl.CC(C)(C)CCCOc1cnc(C(=O)C(C)(C)C)cc1F.CC(C)(C)CCOc1cccc(C(=O)C(C)(C)C)n1.CC(C)(C)CCOc1cncc(C(=O)C(C)(C)C)c1.CC(C)(C)CCOc1cncc(C(=O)C(C)(C)C)c1Cl.CC(C)(C)CCOc1nc(C(=O)C(C)(C)C)ccc1Cl.CC(C)(C)CCOc1nc(C(=O)C(C)(C)C)ccc1F. The summed E-state index contributed by atoms with van der Waals surface area (Å²) in [4.78, 5) is 114. The molecule has 7 aromatic rings. The quantitative estimate of drug-likeness (QED) is 0.0299. The highest BCUT2D eigenvalue weighted by atomic mass is 35.5. The third kappa shape index (κ3) is 54.0. The maximum atomic E-state index is 13.9. The first-order chi connectivity index (χ1) is 63.2. The normalized spacial score (nSPS) is 12.3. The molecule has 0 aliphatic heterocycles. The first-order valence-corrected chi connectivity index (χ1v) is 49.8. The molecule has 0 fully saturated rings. The van der Waals surface area contributed by atoms with Crippen LogP contribution in [0.15, 0.2) is 97.8 Å². The zero-order chi connectivity index (χ0) is 109. The second kappa shape index (κ2) is 54.7. The van der Waals surface area contributed by atoms with Crippen molar-refractivity contribution in [1.29, 1.82) is 0 Å². The van der Waals surface area contributed by atoms with Crippen molar-refractivity contribution in [2.75, 3.05) is 46.2 Å². The zero-order valence-corrected chi connectivity index (χ0v) is 95.6. The molecule has 0 aliphatic rings. The summed E-state index contributed by atoms with van der Waals surface area (Å²) in [6.07, 6.45) is 17.5. The molecule has 0 radical (unpaired) electrons. The number of carbonyl (C=O) groups excluding carboxylic acids is 7. The van der Waals surface area contributed by atoms with Gasteiger partial charge in [-0.25, -0.2) is 33.7 Å². The molecule has 0 spiro atoms. The molecular weight excluding hydrogens is 1840 g/mol. The van der Waals surface area contributed by atoms with Crippen molar-refractivity contribution in [1.82, 2.24) is 34.9 Å². The molecule has 0 saturated heterocycles. The third-order valence-corrected chi connectivity index (χ3v) is 21.1.